The lowest BCUT2D eigenvalue weighted by atomic mass is 9.91. The SMILES string of the molecule is CC(C)[C@@H]1CN(Cc2ccc(O)c(C(=O)O)c2)C[C@H]1N(C)C. The van der Waals surface area contributed by atoms with Gasteiger partial charge in [0.05, 0.1) is 0 Å². The van der Waals surface area contributed by atoms with Gasteiger partial charge in [0.15, 0.2) is 0 Å². The van der Waals surface area contributed by atoms with Gasteiger partial charge < -0.3 is 15.1 Å². The summed E-state index contributed by atoms with van der Waals surface area (Å²) in [5, 5.41) is 18.7. The van der Waals surface area contributed by atoms with Crippen LogP contribution in [0, 0.1) is 11.8 Å². The minimum atomic E-state index is -1.09. The standard InChI is InChI=1S/C17H26N2O3/c1-11(2)14-9-19(10-15(14)18(3)4)8-12-5-6-16(20)13(7-12)17(21)22/h5-7,11,14-15,20H,8-10H2,1-4H3,(H,21,22)/t14-,15+/m0/s1. The second-order valence-electron chi connectivity index (χ2n) is 6.79. The molecule has 1 aliphatic heterocycles. The molecule has 1 heterocycles. The Morgan fingerprint density at radius 3 is 2.55 bits per heavy atom. The van der Waals surface area contributed by atoms with E-state index < -0.39 is 5.97 Å². The molecule has 5 heteroatoms. The molecule has 1 saturated heterocycles. The third-order valence-corrected chi connectivity index (χ3v) is 4.63. The first-order valence-electron chi connectivity index (χ1n) is 7.73. The molecule has 0 aliphatic carbocycles. The number of nitrogens with zero attached hydrogens (tertiary/aromatic N) is 2. The van der Waals surface area contributed by atoms with Crippen LogP contribution in [0.1, 0.15) is 29.8 Å². The van der Waals surface area contributed by atoms with Crippen molar-refractivity contribution >= 4 is 5.97 Å². The third kappa shape index (κ3) is 3.59. The molecule has 0 aromatic heterocycles. The number of benzene rings is 1. The minimum absolute atomic E-state index is 0.0266. The first-order chi connectivity index (χ1) is 10.3. The fourth-order valence-electron chi connectivity index (χ4n) is 3.34. The fourth-order valence-corrected chi connectivity index (χ4v) is 3.34. The average molecular weight is 306 g/mol. The number of phenols is 1. The number of carboxylic acid groups (broad SMARTS) is 1. The zero-order valence-electron chi connectivity index (χ0n) is 13.8. The fraction of sp³-hybridized carbons (Fsp3) is 0.588. The zero-order chi connectivity index (χ0) is 16.4. The maximum atomic E-state index is 11.1. The Hall–Kier alpha value is -1.59. The molecule has 1 aromatic carbocycles. The van der Waals surface area contributed by atoms with Crippen molar-refractivity contribution in [1.29, 1.82) is 0 Å². The average Bonchev–Trinajstić information content (AvgIpc) is 2.85. The third-order valence-electron chi connectivity index (χ3n) is 4.63. The van der Waals surface area contributed by atoms with Crippen LogP contribution in [0.4, 0.5) is 0 Å². The van der Waals surface area contributed by atoms with Gasteiger partial charge in [-0.2, -0.15) is 0 Å². The van der Waals surface area contributed by atoms with Gasteiger partial charge in [0, 0.05) is 25.7 Å². The van der Waals surface area contributed by atoms with Crippen LogP contribution in [0.2, 0.25) is 0 Å². The number of hydrogen-bond acceptors (Lipinski definition) is 4. The maximum absolute atomic E-state index is 11.1. The summed E-state index contributed by atoms with van der Waals surface area (Å²) in [6.07, 6.45) is 0. The summed E-state index contributed by atoms with van der Waals surface area (Å²) in [5.74, 6) is -0.0336. The molecule has 1 fully saturated rings. The van der Waals surface area contributed by atoms with Gasteiger partial charge in [-0.3, -0.25) is 4.90 Å². The number of carbonyl (C=O) groups is 1. The summed E-state index contributed by atoms with van der Waals surface area (Å²) in [6, 6.07) is 5.37. The molecular weight excluding hydrogens is 280 g/mol. The van der Waals surface area contributed by atoms with E-state index >= 15 is 0 Å². The van der Waals surface area contributed by atoms with Crippen molar-refractivity contribution in [1.82, 2.24) is 9.80 Å². The Bertz CT molecular complexity index is 527. The minimum Gasteiger partial charge on any atom is -0.507 e. The van der Waals surface area contributed by atoms with Crippen LogP contribution >= 0.6 is 0 Å². The number of likely N-dealkylation sites (tertiary alicyclic amines) is 1. The molecule has 1 aliphatic rings. The van der Waals surface area contributed by atoms with Gasteiger partial charge in [-0.25, -0.2) is 4.79 Å². The van der Waals surface area contributed by atoms with Gasteiger partial charge in [-0.05, 0) is 43.6 Å². The van der Waals surface area contributed by atoms with Crippen molar-refractivity contribution in [3.63, 3.8) is 0 Å². The normalized spacial score (nSPS) is 22.6. The van der Waals surface area contributed by atoms with Gasteiger partial charge in [0.2, 0.25) is 0 Å². The summed E-state index contributed by atoms with van der Waals surface area (Å²) in [4.78, 5) is 15.8. The first-order valence-corrected chi connectivity index (χ1v) is 7.73. The van der Waals surface area contributed by atoms with Gasteiger partial charge in [0.25, 0.3) is 0 Å². The Balaban J connectivity index is 2.12. The van der Waals surface area contributed by atoms with Crippen LogP contribution in [0.15, 0.2) is 18.2 Å². The largest absolute Gasteiger partial charge is 0.507 e. The molecule has 1 aromatic rings. The highest BCUT2D eigenvalue weighted by Crippen LogP contribution is 2.29. The van der Waals surface area contributed by atoms with Gasteiger partial charge in [0.1, 0.15) is 11.3 Å². The second-order valence-corrected chi connectivity index (χ2v) is 6.79. The Morgan fingerprint density at radius 1 is 1.36 bits per heavy atom. The maximum Gasteiger partial charge on any atom is 0.339 e. The van der Waals surface area contributed by atoms with Crippen LogP contribution in [-0.2, 0) is 6.54 Å². The van der Waals surface area contributed by atoms with Crippen LogP contribution < -0.4 is 0 Å². The van der Waals surface area contributed by atoms with Gasteiger partial charge in [-0.1, -0.05) is 19.9 Å². The van der Waals surface area contributed by atoms with Crippen LogP contribution in [0.25, 0.3) is 0 Å². The van der Waals surface area contributed by atoms with Crippen molar-refractivity contribution in [2.45, 2.75) is 26.4 Å². The van der Waals surface area contributed by atoms with Crippen molar-refractivity contribution in [2.75, 3.05) is 27.2 Å². The van der Waals surface area contributed by atoms with E-state index in [4.69, 9.17) is 5.11 Å². The van der Waals surface area contributed by atoms with Crippen LogP contribution in [-0.4, -0.2) is 59.2 Å². The highest BCUT2D eigenvalue weighted by atomic mass is 16.4. The monoisotopic (exact) mass is 306 g/mol. The predicted molar refractivity (Wildman–Crippen MR) is 86.1 cm³/mol. The number of rotatable bonds is 5. The number of aromatic carboxylic acids is 1. The topological polar surface area (TPSA) is 64.0 Å². The van der Waals surface area contributed by atoms with Gasteiger partial charge >= 0.3 is 5.97 Å². The quantitative estimate of drug-likeness (QED) is 0.872. The molecule has 5 nitrogen and oxygen atoms in total. The van der Waals surface area contributed by atoms with E-state index in [9.17, 15) is 9.90 Å². The van der Waals surface area contributed by atoms with E-state index in [2.05, 4.69) is 37.7 Å². The Morgan fingerprint density at radius 2 is 2.05 bits per heavy atom. The molecule has 0 saturated carbocycles. The van der Waals surface area contributed by atoms with Crippen LogP contribution in [0.3, 0.4) is 0 Å². The Labute approximate surface area is 132 Å². The van der Waals surface area contributed by atoms with Crippen molar-refractivity contribution in [3.8, 4) is 5.75 Å². The van der Waals surface area contributed by atoms with E-state index in [1.165, 1.54) is 6.07 Å². The second kappa shape index (κ2) is 6.67. The molecule has 0 spiro atoms. The van der Waals surface area contributed by atoms with Crippen molar-refractivity contribution in [2.24, 2.45) is 11.8 Å². The number of likely N-dealkylation sites (N-methyl/N-ethyl adjacent to an activating group) is 1. The summed E-state index contributed by atoms with van der Waals surface area (Å²) in [6.45, 7) is 7.23. The van der Waals surface area contributed by atoms with E-state index in [-0.39, 0.29) is 11.3 Å². The van der Waals surface area contributed by atoms with Crippen molar-refractivity contribution in [3.05, 3.63) is 29.3 Å². The lowest BCUT2D eigenvalue weighted by molar-refractivity contribution is 0.0693. The summed E-state index contributed by atoms with van der Waals surface area (Å²) in [5.41, 5.74) is 0.901. The zero-order valence-corrected chi connectivity index (χ0v) is 13.8. The van der Waals surface area contributed by atoms with E-state index in [0.717, 1.165) is 18.7 Å². The molecule has 0 bridgehead atoms. The molecule has 0 radical (unpaired) electrons. The lowest BCUT2D eigenvalue weighted by Crippen LogP contribution is -2.37. The van der Waals surface area contributed by atoms with Crippen LogP contribution in [0.5, 0.6) is 5.75 Å². The summed E-state index contributed by atoms with van der Waals surface area (Å²) in [7, 11) is 4.24. The summed E-state index contributed by atoms with van der Waals surface area (Å²) < 4.78 is 0. The molecule has 2 rings (SSSR count). The molecule has 22 heavy (non-hydrogen) atoms. The molecule has 2 atom stereocenters. The molecular formula is C17H26N2O3. The first kappa shape index (κ1) is 16.8. The lowest BCUT2D eigenvalue weighted by Gasteiger charge is -2.27. The highest BCUT2D eigenvalue weighted by Gasteiger charge is 2.35. The van der Waals surface area contributed by atoms with E-state index in [0.29, 0.717) is 24.4 Å². The smallest absolute Gasteiger partial charge is 0.339 e. The molecule has 2 N–H and O–H groups in total. The summed E-state index contributed by atoms with van der Waals surface area (Å²) >= 11 is 0. The Kier molecular flexibility index (Phi) is 5.08. The van der Waals surface area contributed by atoms with E-state index in [1.54, 1.807) is 12.1 Å². The molecule has 0 amide bonds. The molecule has 122 valence electrons. The van der Waals surface area contributed by atoms with Gasteiger partial charge in [-0.15, -0.1) is 0 Å². The van der Waals surface area contributed by atoms with Crippen molar-refractivity contribution < 1.29 is 15.0 Å². The number of aromatic hydroxyl groups is 1. The highest BCUT2D eigenvalue weighted by molar-refractivity contribution is 5.90. The number of hydrogen-bond donors (Lipinski definition) is 2. The van der Waals surface area contributed by atoms with E-state index in [1.807, 2.05) is 0 Å². The molecule has 0 unspecified atom stereocenters. The number of carboxylic acids is 1. The predicted octanol–water partition coefficient (Wildman–Crippen LogP) is 2.11.